The Hall–Kier alpha value is -1.51. The van der Waals surface area contributed by atoms with Crippen molar-refractivity contribution in [2.45, 2.75) is 253 Å². The highest BCUT2D eigenvalue weighted by atomic mass is 32.1. The summed E-state index contributed by atoms with van der Waals surface area (Å²) in [4.78, 5) is 0. The van der Waals surface area contributed by atoms with Crippen molar-refractivity contribution in [2.75, 3.05) is 52.9 Å². The molecular formula is C51H86O40S-2. The van der Waals surface area contributed by atoms with Crippen molar-refractivity contribution in [2.24, 2.45) is 0 Å². The predicted molar refractivity (Wildman–Crippen MR) is 284 cm³/mol. The maximum atomic E-state index is 11.4. The molecule has 0 aromatic rings. The summed E-state index contributed by atoms with van der Waals surface area (Å²) in [6.45, 7) is -3.39. The standard InChI is InChI=1S/C48H80O40.C3H6.S/c49-1-9-33-17(57)25(65)41(73-9)82-34-10(2-50)75-43(27(67)19(34)59)84-36-12(4-52)77-45(29(69)21(36)61)86-38-14(6-54)79-47(31(71)23(38)63)88-40-16(8-56)80-48(32(72)24(40)64)87-39-15(7-55)78-46(30(70)22(39)62)85-37-13(5-53)76-44(28(68)20(37)60)83-35-11(3-51)74-42(81-33)26(66)18(35)58;1-3-2;/h9-72H,1-8H2;3H,1H2,2H3;/q;;-2/t9-,10-,11-,12-,13-,14-,15-,16-,17-,18-,19-,20-,21-,22-,23-,24-,25-,26-,27-,28-,29-,30-,31-,32-,33-,34-,35-,36-,37-,38-,39-,40-,41-,42-,43-,44-,45-,46-,47-,48-;;/m1../s1. The lowest BCUT2D eigenvalue weighted by atomic mass is 9.94. The van der Waals surface area contributed by atoms with Crippen LogP contribution in [-0.4, -0.2) is 421 Å². The maximum Gasteiger partial charge on any atom is 0.187 e. The van der Waals surface area contributed by atoms with E-state index in [-0.39, 0.29) is 13.5 Å². The molecule has 0 saturated carbocycles. The monoisotopic (exact) mass is 1370 g/mol. The number of hydrogen-bond donors (Lipinski definition) is 24. The Morgan fingerprint density at radius 1 is 0.207 bits per heavy atom. The molecule has 40 nitrogen and oxygen atoms in total. The molecule has 0 radical (unpaired) electrons. The Morgan fingerprint density at radius 3 is 0.370 bits per heavy atom. The molecule has 30 aliphatic heterocycles. The largest absolute Gasteiger partial charge is 2.00 e. The Bertz CT molecular complexity index is 1760. The molecule has 0 unspecified atom stereocenters. The van der Waals surface area contributed by atoms with E-state index in [1.54, 1.807) is 6.08 Å². The van der Waals surface area contributed by atoms with Gasteiger partial charge in [0.2, 0.25) is 0 Å². The van der Waals surface area contributed by atoms with E-state index >= 15 is 0 Å². The highest BCUT2D eigenvalue weighted by Crippen LogP contribution is 2.40. The van der Waals surface area contributed by atoms with Crippen LogP contribution in [0.3, 0.4) is 0 Å². The van der Waals surface area contributed by atoms with Crippen LogP contribution in [0.4, 0.5) is 0 Å². The van der Waals surface area contributed by atoms with Crippen LogP contribution in [0.15, 0.2) is 12.7 Å². The van der Waals surface area contributed by atoms with Gasteiger partial charge in [-0.05, 0) is 6.92 Å². The van der Waals surface area contributed by atoms with Crippen LogP contribution >= 0.6 is 0 Å². The maximum absolute atomic E-state index is 11.4. The fourth-order valence-electron chi connectivity index (χ4n) is 11.9. The second-order valence-corrected chi connectivity index (χ2v) is 22.9. The van der Waals surface area contributed by atoms with Crippen LogP contribution in [-0.2, 0) is 89.3 Å². The van der Waals surface area contributed by atoms with Gasteiger partial charge in [0.25, 0.3) is 0 Å². The highest BCUT2D eigenvalue weighted by Gasteiger charge is 2.60. The molecule has 41 heteroatoms. The fraction of sp³-hybridized carbons (Fsp3) is 0.961. The lowest BCUT2D eigenvalue weighted by Crippen LogP contribution is -2.69. The molecule has 0 aromatic carbocycles. The lowest BCUT2D eigenvalue weighted by molar-refractivity contribution is -0.404. The molecule has 30 fully saturated rings. The van der Waals surface area contributed by atoms with Gasteiger partial charge in [-0.15, -0.1) is 6.58 Å². The number of allylic oxidation sites excluding steroid dienone is 1. The molecule has 30 rings (SSSR count). The van der Waals surface area contributed by atoms with Crippen LogP contribution in [0.25, 0.3) is 0 Å². The van der Waals surface area contributed by atoms with Crippen molar-refractivity contribution in [3.8, 4) is 0 Å². The zero-order valence-corrected chi connectivity index (χ0v) is 49.5. The van der Waals surface area contributed by atoms with Crippen LogP contribution < -0.4 is 0 Å². The van der Waals surface area contributed by atoms with Gasteiger partial charge >= 0.3 is 0 Å². The zero-order valence-electron chi connectivity index (χ0n) is 48.7. The third kappa shape index (κ3) is 15.9. The van der Waals surface area contributed by atoms with E-state index in [9.17, 15) is 123 Å². The van der Waals surface area contributed by atoms with Crippen LogP contribution in [0.1, 0.15) is 6.92 Å². The Labute approximate surface area is 528 Å². The summed E-state index contributed by atoms with van der Waals surface area (Å²) in [6.07, 6.45) is -80.2. The molecular weight excluding hydrogens is 1280 g/mol. The van der Waals surface area contributed by atoms with Gasteiger partial charge < -0.3 is 212 Å². The van der Waals surface area contributed by atoms with Crippen molar-refractivity contribution in [1.29, 1.82) is 0 Å². The molecule has 40 atom stereocenters. The first-order valence-corrected chi connectivity index (χ1v) is 29.1. The first kappa shape index (κ1) is 77.8. The van der Waals surface area contributed by atoms with Gasteiger partial charge in [-0.1, -0.05) is 6.08 Å². The van der Waals surface area contributed by atoms with Gasteiger partial charge in [0.05, 0.1) is 52.9 Å². The van der Waals surface area contributed by atoms with E-state index in [1.165, 1.54) is 0 Å². The second kappa shape index (κ2) is 34.0. The van der Waals surface area contributed by atoms with E-state index in [0.29, 0.717) is 0 Å². The zero-order chi connectivity index (χ0) is 66.8. The quantitative estimate of drug-likeness (QED) is 0.100. The molecule has 0 aromatic heterocycles. The predicted octanol–water partition coefficient (Wildman–Crippen LogP) is -16.2. The summed E-state index contributed by atoms with van der Waals surface area (Å²) >= 11 is 0. The second-order valence-electron chi connectivity index (χ2n) is 22.9. The lowest BCUT2D eigenvalue weighted by Gasteiger charge is -2.50. The van der Waals surface area contributed by atoms with Gasteiger partial charge in [-0.2, -0.15) is 0 Å². The fourth-order valence-corrected chi connectivity index (χ4v) is 11.9. The van der Waals surface area contributed by atoms with E-state index in [1.807, 2.05) is 6.92 Å². The highest BCUT2D eigenvalue weighted by molar-refractivity contribution is 7.37. The third-order valence-corrected chi connectivity index (χ3v) is 16.9. The number of hydrogen-bond acceptors (Lipinski definition) is 40. The molecule has 24 N–H and O–H groups in total. The minimum Gasteiger partial charge on any atom is -2.00 e. The Kier molecular flexibility index (Phi) is 28.8. The summed E-state index contributed by atoms with van der Waals surface area (Å²) in [6, 6.07) is 0. The minimum atomic E-state index is -2.25. The van der Waals surface area contributed by atoms with E-state index in [4.69, 9.17) is 75.8 Å². The molecule has 30 heterocycles. The summed E-state index contributed by atoms with van der Waals surface area (Å²) in [5, 5.41) is 265. The van der Waals surface area contributed by atoms with Gasteiger partial charge in [-0.3, -0.25) is 0 Å². The van der Waals surface area contributed by atoms with Gasteiger partial charge in [-0.25, -0.2) is 0 Å². The van der Waals surface area contributed by atoms with Gasteiger partial charge in [0.15, 0.2) is 50.3 Å². The first-order chi connectivity index (χ1) is 43.3. The van der Waals surface area contributed by atoms with Crippen LogP contribution in [0, 0.1) is 0 Å². The molecule has 0 aliphatic carbocycles. The summed E-state index contributed by atoms with van der Waals surface area (Å²) < 4.78 is 91.1. The third-order valence-electron chi connectivity index (χ3n) is 16.9. The minimum absolute atomic E-state index is 0. The van der Waals surface area contributed by atoms with Gasteiger partial charge in [0.1, 0.15) is 195 Å². The SMILES string of the molecule is C=CC.OC[C@H]1O[C@@H]2O[C@H]3[C@H](O)[C@@H](O)[C@@H](O[C@H]4[C@H](O)[C@@H](O)[C@@H](O[C@H]5[C@H](O)[C@@H](O)[C@@H](O[C@H]6[C@H](O)[C@@H](O)[C@@H](O[C@H]7[C@H](O)[C@@H](O)[C@@H](O[C@H]8[C@H](O)[C@@H](O)[C@@H](O[C@H]9[C@H](O)[C@@H](O)[C@@H](O[C@H]1[C@H](O)[C@H]2O)O[C@@H]9CO)O[C@@H]8CO)O[C@@H]7CO)O[C@@H]6CO)O[C@@H]5CO)O[C@@H]4CO)O[C@@H]3CO.[S-2]. The molecule has 92 heavy (non-hydrogen) atoms. The van der Waals surface area contributed by atoms with E-state index in [2.05, 4.69) is 6.58 Å². The Balaban J connectivity index is 0.00000294. The number of aliphatic hydroxyl groups excluding tert-OH is 24. The van der Waals surface area contributed by atoms with E-state index in [0.717, 1.165) is 0 Å². The molecule has 0 spiro atoms. The average Bonchev–Trinajstić information content (AvgIpc) is 0.792. The Morgan fingerprint density at radius 2 is 0.293 bits per heavy atom. The van der Waals surface area contributed by atoms with Crippen LogP contribution in [0.5, 0.6) is 0 Å². The summed E-state index contributed by atoms with van der Waals surface area (Å²) in [5.41, 5.74) is 0. The number of aliphatic hydroxyl groups is 24. The first-order valence-electron chi connectivity index (χ1n) is 29.1. The molecule has 538 valence electrons. The number of rotatable bonds is 8. The molecule has 30 aliphatic rings. The van der Waals surface area contributed by atoms with Crippen molar-refractivity contribution in [3.05, 3.63) is 12.7 Å². The molecule has 16 bridgehead atoms. The van der Waals surface area contributed by atoms with Crippen molar-refractivity contribution >= 4 is 13.5 Å². The number of ether oxygens (including phenoxy) is 16. The smallest absolute Gasteiger partial charge is 0.187 e. The van der Waals surface area contributed by atoms with Crippen molar-refractivity contribution < 1.29 is 198 Å². The van der Waals surface area contributed by atoms with Crippen molar-refractivity contribution in [3.63, 3.8) is 0 Å². The topological polar surface area (TPSA) is 633 Å². The molecule has 30 saturated heterocycles. The van der Waals surface area contributed by atoms with Crippen LogP contribution in [0.2, 0.25) is 0 Å². The average molecular weight is 1370 g/mol. The summed E-state index contributed by atoms with van der Waals surface area (Å²) in [5.74, 6) is 0. The normalized spacial score (nSPS) is 53.1. The molecule has 0 amide bonds. The van der Waals surface area contributed by atoms with Crippen molar-refractivity contribution in [1.82, 2.24) is 0 Å². The summed E-state index contributed by atoms with van der Waals surface area (Å²) in [7, 11) is 0. The van der Waals surface area contributed by atoms with Gasteiger partial charge in [0, 0.05) is 0 Å². The van der Waals surface area contributed by atoms with E-state index < -0.39 is 299 Å².